The zero-order valence-electron chi connectivity index (χ0n) is 9.74. The van der Waals surface area contributed by atoms with Gasteiger partial charge in [0.25, 0.3) is 0 Å². The molecule has 2 N–H and O–H groups in total. The van der Waals surface area contributed by atoms with E-state index in [0.717, 1.165) is 17.1 Å². The van der Waals surface area contributed by atoms with E-state index in [0.29, 0.717) is 6.42 Å². The fourth-order valence-electron chi connectivity index (χ4n) is 1.86. The topological polar surface area (TPSA) is 59.3 Å². The van der Waals surface area contributed by atoms with E-state index >= 15 is 0 Å². The summed E-state index contributed by atoms with van der Waals surface area (Å²) in [5.74, 6) is 0.750. The van der Waals surface area contributed by atoms with Gasteiger partial charge in [-0.15, -0.1) is 0 Å². The largest absolute Gasteiger partial charge is 0.481 e. The molecule has 1 atom stereocenters. The van der Waals surface area contributed by atoms with Gasteiger partial charge in [0.1, 0.15) is 0 Å². The Morgan fingerprint density at radius 1 is 1.60 bits per heavy atom. The minimum atomic E-state index is 0.0821. The van der Waals surface area contributed by atoms with Crippen molar-refractivity contribution in [3.8, 4) is 5.88 Å². The molecule has 0 amide bonds. The molecule has 0 saturated carbocycles. The van der Waals surface area contributed by atoms with Crippen molar-refractivity contribution in [1.29, 1.82) is 0 Å². The number of aromatic nitrogens is 2. The summed E-state index contributed by atoms with van der Waals surface area (Å²) in [4.78, 5) is 0. The quantitative estimate of drug-likeness (QED) is 0.742. The molecule has 5 nitrogen and oxygen atoms in total. The van der Waals surface area contributed by atoms with Crippen molar-refractivity contribution in [2.75, 3.05) is 20.8 Å². The summed E-state index contributed by atoms with van der Waals surface area (Å²) >= 11 is 0. The average molecular weight is 213 g/mol. The molecule has 1 aromatic heterocycles. The smallest absolute Gasteiger partial charge is 0.216 e. The van der Waals surface area contributed by atoms with E-state index in [4.69, 9.17) is 9.84 Å². The third-order valence-electron chi connectivity index (χ3n) is 2.52. The molecule has 0 saturated heterocycles. The van der Waals surface area contributed by atoms with Gasteiger partial charge in [-0.2, -0.15) is 5.10 Å². The van der Waals surface area contributed by atoms with E-state index in [1.807, 2.05) is 21.0 Å². The number of rotatable bonds is 5. The van der Waals surface area contributed by atoms with Gasteiger partial charge in [0.05, 0.1) is 18.4 Å². The molecule has 15 heavy (non-hydrogen) atoms. The highest BCUT2D eigenvalue weighted by molar-refractivity contribution is 5.34. The normalized spacial score (nSPS) is 12.9. The Hall–Kier alpha value is -1.07. The third-order valence-corrected chi connectivity index (χ3v) is 2.52. The van der Waals surface area contributed by atoms with Crippen LogP contribution in [0.2, 0.25) is 0 Å². The van der Waals surface area contributed by atoms with Gasteiger partial charge in [0.2, 0.25) is 5.88 Å². The fraction of sp³-hybridized carbons (Fsp3) is 0.700. The van der Waals surface area contributed by atoms with E-state index in [1.54, 1.807) is 11.8 Å². The van der Waals surface area contributed by atoms with Crippen LogP contribution in [0.3, 0.4) is 0 Å². The molecule has 1 rings (SSSR count). The van der Waals surface area contributed by atoms with Crippen LogP contribution >= 0.6 is 0 Å². The van der Waals surface area contributed by atoms with Crippen LogP contribution in [0.1, 0.15) is 23.7 Å². The lowest BCUT2D eigenvalue weighted by Crippen LogP contribution is -2.18. The maximum Gasteiger partial charge on any atom is 0.216 e. The summed E-state index contributed by atoms with van der Waals surface area (Å²) in [5, 5.41) is 16.4. The van der Waals surface area contributed by atoms with Crippen molar-refractivity contribution < 1.29 is 9.84 Å². The van der Waals surface area contributed by atoms with Crippen molar-refractivity contribution in [1.82, 2.24) is 15.1 Å². The van der Waals surface area contributed by atoms with Crippen LogP contribution in [-0.2, 0) is 7.05 Å². The number of ether oxygens (including phenoxy) is 1. The second kappa shape index (κ2) is 5.14. The van der Waals surface area contributed by atoms with Crippen LogP contribution in [0, 0.1) is 6.92 Å². The third kappa shape index (κ3) is 2.30. The van der Waals surface area contributed by atoms with Crippen LogP contribution in [0.15, 0.2) is 0 Å². The Balaban J connectivity index is 3.09. The standard InChI is InChI=1S/C10H19N3O2/c1-7-9(8(11-2)5-6-14)10(15-4)13(3)12-7/h8,11,14H,5-6H2,1-4H3. The highest BCUT2D eigenvalue weighted by atomic mass is 16.5. The second-order valence-corrected chi connectivity index (χ2v) is 3.49. The molecular weight excluding hydrogens is 194 g/mol. The van der Waals surface area contributed by atoms with Crippen molar-refractivity contribution in [3.63, 3.8) is 0 Å². The Kier molecular flexibility index (Phi) is 4.11. The first-order valence-electron chi connectivity index (χ1n) is 5.01. The number of nitrogens with one attached hydrogen (secondary N) is 1. The van der Waals surface area contributed by atoms with Gasteiger partial charge in [0, 0.05) is 19.7 Å². The predicted molar refractivity (Wildman–Crippen MR) is 58.0 cm³/mol. The van der Waals surface area contributed by atoms with Gasteiger partial charge >= 0.3 is 0 Å². The highest BCUT2D eigenvalue weighted by Gasteiger charge is 2.21. The lowest BCUT2D eigenvalue weighted by atomic mass is 10.1. The van der Waals surface area contributed by atoms with E-state index < -0.39 is 0 Å². The summed E-state index contributed by atoms with van der Waals surface area (Å²) in [6.45, 7) is 2.09. The molecule has 0 aliphatic carbocycles. The lowest BCUT2D eigenvalue weighted by molar-refractivity contribution is 0.266. The Labute approximate surface area is 90.1 Å². The number of aryl methyl sites for hydroxylation is 2. The van der Waals surface area contributed by atoms with Gasteiger partial charge < -0.3 is 15.2 Å². The van der Waals surface area contributed by atoms with E-state index in [9.17, 15) is 0 Å². The van der Waals surface area contributed by atoms with Gasteiger partial charge in [-0.1, -0.05) is 0 Å². The Bertz CT molecular complexity index is 323. The van der Waals surface area contributed by atoms with Crippen LogP contribution in [0.25, 0.3) is 0 Å². The molecule has 0 aromatic carbocycles. The predicted octanol–water partition coefficient (Wildman–Crippen LogP) is 0.380. The minimum absolute atomic E-state index is 0.0821. The molecule has 0 aliphatic heterocycles. The van der Waals surface area contributed by atoms with Crippen molar-refractivity contribution in [2.24, 2.45) is 7.05 Å². The monoisotopic (exact) mass is 213 g/mol. The van der Waals surface area contributed by atoms with E-state index in [2.05, 4.69) is 10.4 Å². The molecule has 1 aromatic rings. The number of methoxy groups -OCH3 is 1. The Morgan fingerprint density at radius 2 is 2.27 bits per heavy atom. The summed E-state index contributed by atoms with van der Waals surface area (Å²) in [5.41, 5.74) is 1.96. The van der Waals surface area contributed by atoms with Crippen molar-refractivity contribution in [2.45, 2.75) is 19.4 Å². The summed E-state index contributed by atoms with van der Waals surface area (Å²) in [7, 11) is 5.35. The number of aliphatic hydroxyl groups excluding tert-OH is 1. The molecule has 1 unspecified atom stereocenters. The lowest BCUT2D eigenvalue weighted by Gasteiger charge is -2.15. The molecule has 86 valence electrons. The Morgan fingerprint density at radius 3 is 2.73 bits per heavy atom. The van der Waals surface area contributed by atoms with Crippen LogP contribution in [-0.4, -0.2) is 35.7 Å². The molecule has 0 fully saturated rings. The summed E-state index contributed by atoms with van der Waals surface area (Å²) in [6.07, 6.45) is 0.652. The summed E-state index contributed by atoms with van der Waals surface area (Å²) < 4.78 is 7.02. The first-order chi connectivity index (χ1) is 7.15. The van der Waals surface area contributed by atoms with E-state index in [-0.39, 0.29) is 12.6 Å². The molecule has 0 aliphatic rings. The fourth-order valence-corrected chi connectivity index (χ4v) is 1.86. The molecular formula is C10H19N3O2. The van der Waals surface area contributed by atoms with E-state index in [1.165, 1.54) is 0 Å². The average Bonchev–Trinajstić information content (AvgIpc) is 2.49. The van der Waals surface area contributed by atoms with Gasteiger partial charge in [-0.25, -0.2) is 4.68 Å². The van der Waals surface area contributed by atoms with Gasteiger partial charge in [0.15, 0.2) is 0 Å². The summed E-state index contributed by atoms with van der Waals surface area (Å²) in [6, 6.07) is 0.0821. The zero-order chi connectivity index (χ0) is 11.4. The maximum absolute atomic E-state index is 8.98. The number of nitrogens with zero attached hydrogens (tertiary/aromatic N) is 2. The molecule has 0 radical (unpaired) electrons. The molecule has 0 bridgehead atoms. The maximum atomic E-state index is 8.98. The van der Waals surface area contributed by atoms with Crippen LogP contribution < -0.4 is 10.1 Å². The van der Waals surface area contributed by atoms with Crippen LogP contribution in [0.5, 0.6) is 5.88 Å². The number of aliphatic hydroxyl groups is 1. The minimum Gasteiger partial charge on any atom is -0.481 e. The molecule has 0 spiro atoms. The SMILES string of the molecule is CNC(CCO)c1c(C)nn(C)c1OC. The molecule has 5 heteroatoms. The van der Waals surface area contributed by atoms with Gasteiger partial charge in [-0.3, -0.25) is 0 Å². The van der Waals surface area contributed by atoms with Crippen LogP contribution in [0.4, 0.5) is 0 Å². The number of hydrogen-bond acceptors (Lipinski definition) is 4. The zero-order valence-corrected chi connectivity index (χ0v) is 9.74. The van der Waals surface area contributed by atoms with Crippen molar-refractivity contribution in [3.05, 3.63) is 11.3 Å². The second-order valence-electron chi connectivity index (χ2n) is 3.49. The van der Waals surface area contributed by atoms with Gasteiger partial charge in [-0.05, 0) is 20.4 Å². The molecule has 1 heterocycles. The van der Waals surface area contributed by atoms with Crippen molar-refractivity contribution >= 4 is 0 Å². The first-order valence-corrected chi connectivity index (χ1v) is 5.01. The number of hydrogen-bond donors (Lipinski definition) is 2. The first kappa shape index (κ1) is 12.0. The highest BCUT2D eigenvalue weighted by Crippen LogP contribution is 2.29.